The smallest absolute Gasteiger partial charge is 0.103 e. The van der Waals surface area contributed by atoms with Gasteiger partial charge in [0.2, 0.25) is 0 Å². The van der Waals surface area contributed by atoms with E-state index >= 15 is 0 Å². The Labute approximate surface area is 51.0 Å². The van der Waals surface area contributed by atoms with Crippen LogP contribution in [0.5, 0.6) is 0 Å². The Hall–Kier alpha value is -0.300. The van der Waals surface area contributed by atoms with E-state index in [1.54, 1.807) is 0 Å². The molecule has 1 nitrogen and oxygen atoms in total. The zero-order valence-corrected chi connectivity index (χ0v) is 5.61. The summed E-state index contributed by atoms with van der Waals surface area (Å²) in [5.41, 5.74) is 1.03. The number of hydrogen-bond donors (Lipinski definition) is 0. The number of hydrogen-bond acceptors (Lipinski definition) is 0. The van der Waals surface area contributed by atoms with Gasteiger partial charge in [-0.15, -0.1) is 0 Å². The molecule has 0 bridgehead atoms. The van der Waals surface area contributed by atoms with Gasteiger partial charge in [0.25, 0.3) is 0 Å². The molecule has 0 N–H and O–H groups in total. The first kappa shape index (κ1) is 7.70. The fourth-order valence-electron chi connectivity index (χ4n) is 0.594. The predicted molar refractivity (Wildman–Crippen MR) is 34.2 cm³/mol. The standard InChI is InChI=1S/C7H13O/c1-3-5-7(4-2)6-8/h5H,3-4,6H2,1-2H3/b7-5+. The molecule has 0 heterocycles. The summed E-state index contributed by atoms with van der Waals surface area (Å²) in [4.78, 5) is 0. The van der Waals surface area contributed by atoms with Crippen molar-refractivity contribution in [3.05, 3.63) is 11.6 Å². The average molecular weight is 113 g/mol. The minimum Gasteiger partial charge on any atom is -0.232 e. The Morgan fingerprint density at radius 3 is 2.25 bits per heavy atom. The van der Waals surface area contributed by atoms with Crippen molar-refractivity contribution < 1.29 is 5.11 Å². The first-order chi connectivity index (χ1) is 3.85. The van der Waals surface area contributed by atoms with Gasteiger partial charge in [0.15, 0.2) is 0 Å². The summed E-state index contributed by atoms with van der Waals surface area (Å²) >= 11 is 0. The summed E-state index contributed by atoms with van der Waals surface area (Å²) in [7, 11) is 0. The van der Waals surface area contributed by atoms with Gasteiger partial charge in [0, 0.05) is 0 Å². The van der Waals surface area contributed by atoms with Gasteiger partial charge < -0.3 is 0 Å². The van der Waals surface area contributed by atoms with Crippen LogP contribution in [0.3, 0.4) is 0 Å². The van der Waals surface area contributed by atoms with Crippen molar-refractivity contribution in [3.8, 4) is 0 Å². The Balaban J connectivity index is 3.49. The SMILES string of the molecule is CC/C=C(\CC)C[O]. The zero-order valence-electron chi connectivity index (χ0n) is 5.61. The van der Waals surface area contributed by atoms with Crippen LogP contribution in [0.4, 0.5) is 0 Å². The third-order valence-corrected chi connectivity index (χ3v) is 1.13. The van der Waals surface area contributed by atoms with Crippen molar-refractivity contribution in [1.82, 2.24) is 0 Å². The molecule has 47 valence electrons. The molecule has 8 heavy (non-hydrogen) atoms. The second kappa shape index (κ2) is 4.85. The quantitative estimate of drug-likeness (QED) is 0.500. The maximum Gasteiger partial charge on any atom is 0.103 e. The molecule has 0 saturated heterocycles. The monoisotopic (exact) mass is 113 g/mol. The molecule has 1 heteroatoms. The number of allylic oxidation sites excluding steroid dienone is 1. The maximum atomic E-state index is 10.2. The molecule has 0 aliphatic heterocycles. The van der Waals surface area contributed by atoms with Gasteiger partial charge in [-0.2, -0.15) is 0 Å². The molecule has 0 aliphatic rings. The second-order valence-electron chi connectivity index (χ2n) is 1.77. The highest BCUT2D eigenvalue weighted by molar-refractivity contribution is 4.99. The van der Waals surface area contributed by atoms with E-state index in [0.29, 0.717) is 0 Å². The van der Waals surface area contributed by atoms with Crippen LogP contribution >= 0.6 is 0 Å². The van der Waals surface area contributed by atoms with E-state index < -0.39 is 0 Å². The Bertz CT molecular complexity index is 68.5. The Morgan fingerprint density at radius 1 is 1.50 bits per heavy atom. The van der Waals surface area contributed by atoms with Gasteiger partial charge in [-0.3, -0.25) is 0 Å². The van der Waals surface area contributed by atoms with Gasteiger partial charge in [-0.25, -0.2) is 5.11 Å². The molecular weight excluding hydrogens is 100 g/mol. The highest BCUT2D eigenvalue weighted by Gasteiger charge is 1.87. The lowest BCUT2D eigenvalue weighted by Gasteiger charge is -1.93. The Kier molecular flexibility index (Phi) is 4.67. The van der Waals surface area contributed by atoms with E-state index in [1.165, 1.54) is 0 Å². The summed E-state index contributed by atoms with van der Waals surface area (Å²) in [6, 6.07) is 0. The molecule has 0 amide bonds. The molecule has 0 aromatic rings. The van der Waals surface area contributed by atoms with E-state index in [9.17, 15) is 5.11 Å². The minimum absolute atomic E-state index is 0.0235. The van der Waals surface area contributed by atoms with E-state index in [-0.39, 0.29) is 6.61 Å². The normalized spacial score (nSPS) is 12.1. The molecule has 0 aromatic carbocycles. The van der Waals surface area contributed by atoms with E-state index in [4.69, 9.17) is 0 Å². The minimum atomic E-state index is -0.0235. The largest absolute Gasteiger partial charge is 0.232 e. The van der Waals surface area contributed by atoms with Crippen molar-refractivity contribution in [2.24, 2.45) is 0 Å². The van der Waals surface area contributed by atoms with Crippen molar-refractivity contribution >= 4 is 0 Å². The van der Waals surface area contributed by atoms with Crippen molar-refractivity contribution in [1.29, 1.82) is 0 Å². The van der Waals surface area contributed by atoms with Crippen LogP contribution in [0.2, 0.25) is 0 Å². The van der Waals surface area contributed by atoms with E-state index in [2.05, 4.69) is 0 Å². The average Bonchev–Trinajstić information content (AvgIpc) is 1.83. The highest BCUT2D eigenvalue weighted by Crippen LogP contribution is 1.99. The molecule has 0 saturated carbocycles. The van der Waals surface area contributed by atoms with Gasteiger partial charge >= 0.3 is 0 Å². The summed E-state index contributed by atoms with van der Waals surface area (Å²) in [5.74, 6) is 0. The van der Waals surface area contributed by atoms with Crippen LogP contribution in [0.1, 0.15) is 26.7 Å². The first-order valence-corrected chi connectivity index (χ1v) is 3.11. The molecule has 0 atom stereocenters. The van der Waals surface area contributed by atoms with E-state index in [0.717, 1.165) is 18.4 Å². The lowest BCUT2D eigenvalue weighted by Crippen LogP contribution is -1.84. The van der Waals surface area contributed by atoms with Gasteiger partial charge in [0.05, 0.1) is 0 Å². The third kappa shape index (κ3) is 2.80. The van der Waals surface area contributed by atoms with Crippen molar-refractivity contribution in [2.45, 2.75) is 26.7 Å². The molecule has 0 fully saturated rings. The molecule has 1 radical (unpaired) electrons. The predicted octanol–water partition coefficient (Wildman–Crippen LogP) is 2.16. The van der Waals surface area contributed by atoms with Crippen LogP contribution in [-0.4, -0.2) is 6.61 Å². The van der Waals surface area contributed by atoms with Crippen LogP contribution in [0, 0.1) is 0 Å². The Morgan fingerprint density at radius 2 is 2.12 bits per heavy atom. The lowest BCUT2D eigenvalue weighted by molar-refractivity contribution is 0.220. The lowest BCUT2D eigenvalue weighted by atomic mass is 10.2. The van der Waals surface area contributed by atoms with Crippen molar-refractivity contribution in [2.75, 3.05) is 6.61 Å². The summed E-state index contributed by atoms with van der Waals surface area (Å²) in [5, 5.41) is 10.2. The van der Waals surface area contributed by atoms with Gasteiger partial charge in [0.1, 0.15) is 6.61 Å². The van der Waals surface area contributed by atoms with Gasteiger partial charge in [-0.05, 0) is 18.4 Å². The molecular formula is C7H13O. The fourth-order valence-corrected chi connectivity index (χ4v) is 0.594. The second-order valence-corrected chi connectivity index (χ2v) is 1.77. The molecule has 0 unspecified atom stereocenters. The fraction of sp³-hybridized carbons (Fsp3) is 0.714. The molecule has 0 spiro atoms. The van der Waals surface area contributed by atoms with E-state index in [1.807, 2.05) is 19.9 Å². The van der Waals surface area contributed by atoms with Crippen LogP contribution in [-0.2, 0) is 5.11 Å². The summed E-state index contributed by atoms with van der Waals surface area (Å²) in [6.45, 7) is 4.04. The van der Waals surface area contributed by atoms with Crippen LogP contribution < -0.4 is 0 Å². The first-order valence-electron chi connectivity index (χ1n) is 3.11. The third-order valence-electron chi connectivity index (χ3n) is 1.13. The molecule has 0 aromatic heterocycles. The van der Waals surface area contributed by atoms with Gasteiger partial charge in [-0.1, -0.05) is 19.9 Å². The maximum absolute atomic E-state index is 10.2. The van der Waals surface area contributed by atoms with Crippen LogP contribution in [0.15, 0.2) is 11.6 Å². The van der Waals surface area contributed by atoms with Crippen molar-refractivity contribution in [3.63, 3.8) is 0 Å². The number of rotatable bonds is 3. The molecule has 0 rings (SSSR count). The van der Waals surface area contributed by atoms with Crippen LogP contribution in [0.25, 0.3) is 0 Å². The topological polar surface area (TPSA) is 19.9 Å². The summed E-state index contributed by atoms with van der Waals surface area (Å²) in [6.07, 6.45) is 3.91. The summed E-state index contributed by atoms with van der Waals surface area (Å²) < 4.78 is 0. The zero-order chi connectivity index (χ0) is 6.41. The highest BCUT2D eigenvalue weighted by atomic mass is 16.3. The molecule has 0 aliphatic carbocycles.